The maximum absolute atomic E-state index is 7.05. The fraction of sp³-hybridized carbons (Fsp3) is 1.00. The maximum Gasteiger partial charge on any atom is 0.213 e. The van der Waals surface area contributed by atoms with Crippen LogP contribution in [0.1, 0.15) is 53.4 Å². The van der Waals surface area contributed by atoms with Crippen LogP contribution in [0.25, 0.3) is 0 Å². The highest BCUT2D eigenvalue weighted by atomic mass is 28.4. The third-order valence-corrected chi connectivity index (χ3v) is 14.8. The molecule has 0 aliphatic heterocycles. The Kier molecular flexibility index (Phi) is 9.40. The molecule has 0 radical (unpaired) electrons. The molecule has 134 valence electrons. The van der Waals surface area contributed by atoms with Crippen LogP contribution in [0.4, 0.5) is 0 Å². The first-order valence-electron chi connectivity index (χ1n) is 9.33. The Morgan fingerprint density at radius 3 is 1.86 bits per heavy atom. The van der Waals surface area contributed by atoms with Crippen LogP contribution in [0.2, 0.25) is 45.3 Å². The van der Waals surface area contributed by atoms with Crippen LogP contribution in [0.15, 0.2) is 0 Å². The highest BCUT2D eigenvalue weighted by Gasteiger charge is 2.49. The molecule has 0 aromatic rings. The van der Waals surface area contributed by atoms with Crippen LogP contribution in [0, 0.1) is 0 Å². The lowest BCUT2D eigenvalue weighted by Crippen LogP contribution is -2.62. The Morgan fingerprint density at radius 2 is 1.50 bits per heavy atom. The van der Waals surface area contributed by atoms with Gasteiger partial charge in [-0.25, -0.2) is 0 Å². The van der Waals surface area contributed by atoms with E-state index in [-0.39, 0.29) is 5.22 Å². The average molecular weight is 363 g/mol. The van der Waals surface area contributed by atoms with Crippen molar-refractivity contribution < 1.29 is 8.85 Å². The molecular formula is C17H42O2Si3. The highest BCUT2D eigenvalue weighted by Crippen LogP contribution is 2.39. The number of rotatable bonds is 11. The van der Waals surface area contributed by atoms with Crippen molar-refractivity contribution >= 4 is 25.4 Å². The topological polar surface area (TPSA) is 18.5 Å². The van der Waals surface area contributed by atoms with E-state index in [0.717, 1.165) is 12.8 Å². The molecule has 0 aliphatic carbocycles. The van der Waals surface area contributed by atoms with Crippen molar-refractivity contribution in [3.63, 3.8) is 0 Å². The van der Waals surface area contributed by atoms with Gasteiger partial charge in [0.25, 0.3) is 0 Å². The van der Waals surface area contributed by atoms with Crippen LogP contribution in [0.3, 0.4) is 0 Å². The normalized spacial score (nSPS) is 15.4. The third kappa shape index (κ3) is 5.89. The van der Waals surface area contributed by atoms with Gasteiger partial charge in [-0.1, -0.05) is 52.8 Å². The van der Waals surface area contributed by atoms with E-state index in [1.807, 2.05) is 0 Å². The molecule has 22 heavy (non-hydrogen) atoms. The fourth-order valence-corrected chi connectivity index (χ4v) is 13.4. The molecule has 0 rings (SSSR count). The Bertz CT molecular complexity index is 313. The van der Waals surface area contributed by atoms with E-state index >= 15 is 0 Å². The summed E-state index contributed by atoms with van der Waals surface area (Å²) in [5.41, 5.74) is 0.299. The first kappa shape index (κ1) is 22.6. The molecule has 2 nitrogen and oxygen atoms in total. The monoisotopic (exact) mass is 362 g/mol. The lowest BCUT2D eigenvalue weighted by atomic mass is 10.2. The minimum atomic E-state index is -1.85. The van der Waals surface area contributed by atoms with Crippen molar-refractivity contribution in [3.05, 3.63) is 0 Å². The van der Waals surface area contributed by atoms with Crippen molar-refractivity contribution in [2.45, 2.75) is 110 Å². The standard InChI is InChI=1S/C17H42O2Si3/c1-11-14-15-21(7,8)17(12-2,13-3)19-22(9,10)16(4)18-20(5)6/h16,20H,11-15H2,1-10H3. The highest BCUT2D eigenvalue weighted by molar-refractivity contribution is 6.82. The summed E-state index contributed by atoms with van der Waals surface area (Å²) in [5, 5.41) is 0.119. The summed E-state index contributed by atoms with van der Waals surface area (Å²) in [6.45, 7) is 23.5. The first-order valence-corrected chi connectivity index (χ1v) is 18.3. The zero-order valence-corrected chi connectivity index (χ0v) is 20.2. The molecular weight excluding hydrogens is 320 g/mol. The van der Waals surface area contributed by atoms with E-state index in [1.54, 1.807) is 0 Å². The molecule has 0 heterocycles. The van der Waals surface area contributed by atoms with Crippen LogP contribution in [-0.2, 0) is 8.85 Å². The molecule has 0 aromatic heterocycles. The smallest absolute Gasteiger partial charge is 0.213 e. The zero-order valence-electron chi connectivity index (χ0n) is 17.0. The van der Waals surface area contributed by atoms with Crippen molar-refractivity contribution in [2.75, 3.05) is 0 Å². The predicted molar refractivity (Wildman–Crippen MR) is 109 cm³/mol. The molecule has 0 bridgehead atoms. The van der Waals surface area contributed by atoms with Gasteiger partial charge in [-0.3, -0.25) is 0 Å². The fourth-order valence-electron chi connectivity index (χ4n) is 3.49. The van der Waals surface area contributed by atoms with E-state index in [0.29, 0.717) is 5.73 Å². The van der Waals surface area contributed by atoms with E-state index in [1.165, 1.54) is 18.9 Å². The van der Waals surface area contributed by atoms with Crippen molar-refractivity contribution in [2.24, 2.45) is 0 Å². The van der Waals surface area contributed by atoms with Crippen molar-refractivity contribution in [3.8, 4) is 0 Å². The van der Waals surface area contributed by atoms with Crippen LogP contribution in [-0.4, -0.2) is 36.4 Å². The molecule has 0 spiro atoms. The van der Waals surface area contributed by atoms with Crippen molar-refractivity contribution in [1.82, 2.24) is 0 Å². The van der Waals surface area contributed by atoms with Crippen LogP contribution >= 0.6 is 0 Å². The van der Waals surface area contributed by atoms with Gasteiger partial charge in [0.05, 0.1) is 13.8 Å². The summed E-state index contributed by atoms with van der Waals surface area (Å²) >= 11 is 0. The van der Waals surface area contributed by atoms with Gasteiger partial charge in [0.2, 0.25) is 8.32 Å². The lowest BCUT2D eigenvalue weighted by molar-refractivity contribution is 0.104. The van der Waals surface area contributed by atoms with Gasteiger partial charge in [-0.05, 0) is 46.0 Å². The summed E-state index contributed by atoms with van der Waals surface area (Å²) in [7, 11) is -4.29. The molecule has 0 amide bonds. The molecule has 5 heteroatoms. The molecule has 0 fully saturated rings. The average Bonchev–Trinajstić information content (AvgIpc) is 2.41. The van der Waals surface area contributed by atoms with Gasteiger partial charge in [0, 0.05) is 5.22 Å². The molecule has 1 unspecified atom stereocenters. The van der Waals surface area contributed by atoms with E-state index in [4.69, 9.17) is 8.85 Å². The molecule has 1 atom stereocenters. The largest absolute Gasteiger partial charge is 0.418 e. The van der Waals surface area contributed by atoms with E-state index in [2.05, 4.69) is 67.0 Å². The third-order valence-electron chi connectivity index (χ3n) is 5.44. The minimum absolute atomic E-state index is 0.119. The summed E-state index contributed by atoms with van der Waals surface area (Å²) < 4.78 is 13.3. The molecule has 0 N–H and O–H groups in total. The summed E-state index contributed by atoms with van der Waals surface area (Å²) in [4.78, 5) is 0. The SMILES string of the molecule is CCCC[Si](C)(C)C(CC)(CC)O[Si](C)(C)C(C)O[SiH](C)C. The second kappa shape index (κ2) is 9.16. The number of hydrogen-bond donors (Lipinski definition) is 0. The summed E-state index contributed by atoms with van der Waals surface area (Å²) in [6.07, 6.45) is 4.93. The first-order chi connectivity index (χ1) is 9.98. The summed E-state index contributed by atoms with van der Waals surface area (Å²) in [6, 6.07) is 1.38. The Labute approximate surface area is 144 Å². The second-order valence-electron chi connectivity index (χ2n) is 8.22. The molecule has 0 saturated heterocycles. The molecule has 0 saturated carbocycles. The van der Waals surface area contributed by atoms with Crippen LogP contribution < -0.4 is 0 Å². The van der Waals surface area contributed by atoms with E-state index in [9.17, 15) is 0 Å². The van der Waals surface area contributed by atoms with Gasteiger partial charge < -0.3 is 8.85 Å². The van der Waals surface area contributed by atoms with Gasteiger partial charge >= 0.3 is 0 Å². The Balaban J connectivity index is 5.31. The molecule has 0 aromatic carbocycles. The maximum atomic E-state index is 7.05. The Hall–Kier alpha value is 0.571. The zero-order chi connectivity index (χ0) is 17.6. The van der Waals surface area contributed by atoms with Gasteiger partial charge in [0.15, 0.2) is 9.04 Å². The van der Waals surface area contributed by atoms with Gasteiger partial charge in [0.1, 0.15) is 0 Å². The lowest BCUT2D eigenvalue weighted by Gasteiger charge is -2.50. The minimum Gasteiger partial charge on any atom is -0.418 e. The number of unbranched alkanes of at least 4 members (excludes halogenated alkanes) is 1. The van der Waals surface area contributed by atoms with Crippen molar-refractivity contribution in [1.29, 1.82) is 0 Å². The second-order valence-corrected chi connectivity index (χ2v) is 20.0. The summed E-state index contributed by atoms with van der Waals surface area (Å²) in [5.74, 6) is 0. The van der Waals surface area contributed by atoms with Crippen LogP contribution in [0.5, 0.6) is 0 Å². The predicted octanol–water partition coefficient (Wildman–Crippen LogP) is 5.74. The van der Waals surface area contributed by atoms with E-state index < -0.39 is 25.4 Å². The molecule has 0 aliphatic rings. The van der Waals surface area contributed by atoms with Gasteiger partial charge in [-0.2, -0.15) is 0 Å². The van der Waals surface area contributed by atoms with Gasteiger partial charge in [-0.15, -0.1) is 0 Å². The number of hydrogen-bond acceptors (Lipinski definition) is 2. The quantitative estimate of drug-likeness (QED) is 0.436. The Morgan fingerprint density at radius 1 is 1.00 bits per heavy atom.